The molecule has 1 aliphatic carbocycles. The summed E-state index contributed by atoms with van der Waals surface area (Å²) in [5.74, 6) is -0.354. The predicted octanol–water partition coefficient (Wildman–Crippen LogP) is 2.79. The molecule has 2 nitrogen and oxygen atoms in total. The Morgan fingerprint density at radius 3 is 3.07 bits per heavy atom. The van der Waals surface area contributed by atoms with Crippen LogP contribution in [0.5, 0.6) is 0 Å². The lowest BCUT2D eigenvalue weighted by Gasteiger charge is -2.22. The Bertz CT molecular complexity index is 287. The molecule has 2 heteroatoms. The molecule has 0 amide bonds. The largest absolute Gasteiger partial charge is 0.481 e. The van der Waals surface area contributed by atoms with E-state index < -0.39 is 5.97 Å². The zero-order valence-corrected chi connectivity index (χ0v) is 8.44. The molecule has 0 fully saturated rings. The first-order valence-corrected chi connectivity index (χ1v) is 4.86. The predicted molar refractivity (Wildman–Crippen MR) is 56.9 cm³/mol. The summed E-state index contributed by atoms with van der Waals surface area (Å²) in [6, 6.07) is 0. The van der Waals surface area contributed by atoms with Crippen molar-refractivity contribution in [3.05, 3.63) is 36.5 Å². The van der Waals surface area contributed by atoms with E-state index in [0.29, 0.717) is 5.92 Å². The number of hydrogen-bond donors (Lipinski definition) is 1. The van der Waals surface area contributed by atoms with Crippen molar-refractivity contribution in [3.8, 4) is 0 Å². The summed E-state index contributed by atoms with van der Waals surface area (Å²) in [5.41, 5.74) is 1.19. The van der Waals surface area contributed by atoms with Crippen LogP contribution in [0.15, 0.2) is 36.5 Å². The van der Waals surface area contributed by atoms with Gasteiger partial charge in [-0.25, -0.2) is 0 Å². The van der Waals surface area contributed by atoms with Gasteiger partial charge >= 0.3 is 5.97 Å². The highest BCUT2D eigenvalue weighted by molar-refractivity contribution is 5.68. The van der Waals surface area contributed by atoms with Gasteiger partial charge in [-0.15, -0.1) is 6.58 Å². The molecular weight excluding hydrogens is 176 g/mol. The second-order valence-electron chi connectivity index (χ2n) is 3.67. The van der Waals surface area contributed by atoms with Gasteiger partial charge in [-0.3, -0.25) is 4.79 Å². The van der Waals surface area contributed by atoms with E-state index in [-0.39, 0.29) is 12.3 Å². The van der Waals surface area contributed by atoms with Gasteiger partial charge in [0, 0.05) is 5.92 Å². The van der Waals surface area contributed by atoms with Crippen molar-refractivity contribution >= 4 is 5.97 Å². The number of rotatable bonds is 4. The highest BCUT2D eigenvalue weighted by Gasteiger charge is 2.19. The lowest BCUT2D eigenvalue weighted by atomic mass is 9.82. The average molecular weight is 192 g/mol. The number of hydrogen-bond acceptors (Lipinski definition) is 1. The molecule has 0 aromatic heterocycles. The first kappa shape index (κ1) is 10.8. The molecule has 0 aromatic rings. The van der Waals surface area contributed by atoms with Gasteiger partial charge in [-0.05, 0) is 12.3 Å². The number of carboxylic acids is 1. The Hall–Kier alpha value is -1.31. The fraction of sp³-hybridized carbons (Fsp3) is 0.417. The van der Waals surface area contributed by atoms with E-state index in [2.05, 4.69) is 19.6 Å². The van der Waals surface area contributed by atoms with Crippen LogP contribution < -0.4 is 0 Å². The molecule has 14 heavy (non-hydrogen) atoms. The maximum absolute atomic E-state index is 10.6. The van der Waals surface area contributed by atoms with E-state index in [4.69, 9.17) is 5.11 Å². The van der Waals surface area contributed by atoms with Crippen LogP contribution in [0.2, 0.25) is 0 Å². The second kappa shape index (κ2) is 4.80. The summed E-state index contributed by atoms with van der Waals surface area (Å²) < 4.78 is 0. The Morgan fingerprint density at radius 1 is 1.86 bits per heavy atom. The van der Waals surface area contributed by atoms with E-state index in [9.17, 15) is 4.79 Å². The molecule has 0 aliphatic heterocycles. The lowest BCUT2D eigenvalue weighted by Crippen LogP contribution is -2.14. The average Bonchev–Trinajstić information content (AvgIpc) is 2.15. The molecule has 1 aliphatic rings. The SMILES string of the molecule is C=CC(CC(=O)O)C1=CC=CCC1C. The summed E-state index contributed by atoms with van der Waals surface area (Å²) in [6.45, 7) is 5.81. The molecule has 0 aromatic carbocycles. The summed E-state index contributed by atoms with van der Waals surface area (Å²) >= 11 is 0. The monoisotopic (exact) mass is 192 g/mol. The van der Waals surface area contributed by atoms with Crippen molar-refractivity contribution < 1.29 is 9.90 Å². The van der Waals surface area contributed by atoms with Gasteiger partial charge in [0.05, 0.1) is 6.42 Å². The first-order chi connectivity index (χ1) is 6.65. The number of allylic oxidation sites excluding steroid dienone is 5. The maximum atomic E-state index is 10.6. The first-order valence-electron chi connectivity index (χ1n) is 4.86. The van der Waals surface area contributed by atoms with Crippen LogP contribution in [0, 0.1) is 11.8 Å². The third kappa shape index (κ3) is 2.59. The summed E-state index contributed by atoms with van der Waals surface area (Å²) in [4.78, 5) is 10.6. The van der Waals surface area contributed by atoms with Crippen LogP contribution >= 0.6 is 0 Å². The van der Waals surface area contributed by atoms with Crippen LogP contribution in [-0.4, -0.2) is 11.1 Å². The lowest BCUT2D eigenvalue weighted by molar-refractivity contribution is -0.137. The summed E-state index contributed by atoms with van der Waals surface area (Å²) in [6.07, 6.45) is 8.99. The van der Waals surface area contributed by atoms with E-state index in [0.717, 1.165) is 6.42 Å². The minimum absolute atomic E-state index is 0.0209. The van der Waals surface area contributed by atoms with Crippen LogP contribution in [0.25, 0.3) is 0 Å². The van der Waals surface area contributed by atoms with Crippen molar-refractivity contribution in [2.45, 2.75) is 19.8 Å². The van der Waals surface area contributed by atoms with Gasteiger partial charge in [0.2, 0.25) is 0 Å². The van der Waals surface area contributed by atoms with Gasteiger partial charge in [0.25, 0.3) is 0 Å². The zero-order valence-electron chi connectivity index (χ0n) is 8.44. The molecule has 2 unspecified atom stereocenters. The highest BCUT2D eigenvalue weighted by Crippen LogP contribution is 2.29. The molecular formula is C12H16O2. The van der Waals surface area contributed by atoms with E-state index in [1.165, 1.54) is 5.57 Å². The van der Waals surface area contributed by atoms with Gasteiger partial charge < -0.3 is 5.11 Å². The normalized spacial score (nSPS) is 22.6. The molecule has 76 valence electrons. The van der Waals surface area contributed by atoms with Crippen LogP contribution in [0.1, 0.15) is 19.8 Å². The Balaban J connectivity index is 2.77. The second-order valence-corrected chi connectivity index (χ2v) is 3.67. The maximum Gasteiger partial charge on any atom is 0.304 e. The standard InChI is InChI=1S/C12H16O2/c1-3-10(8-12(13)14)11-7-5-4-6-9(11)2/h3-5,7,9-10H,1,6,8H2,2H3,(H,13,14). The summed E-state index contributed by atoms with van der Waals surface area (Å²) in [7, 11) is 0. The summed E-state index contributed by atoms with van der Waals surface area (Å²) in [5, 5.41) is 8.74. The molecule has 0 saturated heterocycles. The number of aliphatic carboxylic acids is 1. The van der Waals surface area contributed by atoms with Crippen molar-refractivity contribution in [1.82, 2.24) is 0 Å². The van der Waals surface area contributed by atoms with Crippen LogP contribution in [0.3, 0.4) is 0 Å². The molecule has 1 N–H and O–H groups in total. The van der Waals surface area contributed by atoms with Crippen molar-refractivity contribution in [1.29, 1.82) is 0 Å². The van der Waals surface area contributed by atoms with E-state index in [1.807, 2.05) is 12.2 Å². The minimum Gasteiger partial charge on any atom is -0.481 e. The van der Waals surface area contributed by atoms with Gasteiger partial charge in [0.15, 0.2) is 0 Å². The number of carboxylic acid groups (broad SMARTS) is 1. The van der Waals surface area contributed by atoms with Crippen molar-refractivity contribution in [2.75, 3.05) is 0 Å². The van der Waals surface area contributed by atoms with Crippen LogP contribution in [0.4, 0.5) is 0 Å². The number of carbonyl (C=O) groups is 1. The molecule has 0 saturated carbocycles. The minimum atomic E-state index is -0.766. The Kier molecular flexibility index (Phi) is 3.69. The molecule has 0 spiro atoms. The van der Waals surface area contributed by atoms with Gasteiger partial charge in [-0.1, -0.05) is 36.8 Å². The molecule has 0 radical (unpaired) electrons. The quantitative estimate of drug-likeness (QED) is 0.695. The van der Waals surface area contributed by atoms with Gasteiger partial charge in [0.1, 0.15) is 0 Å². The third-order valence-electron chi connectivity index (χ3n) is 2.59. The molecule has 0 heterocycles. The van der Waals surface area contributed by atoms with Crippen molar-refractivity contribution in [2.24, 2.45) is 11.8 Å². The fourth-order valence-corrected chi connectivity index (χ4v) is 1.78. The molecule has 0 bridgehead atoms. The fourth-order valence-electron chi connectivity index (χ4n) is 1.78. The van der Waals surface area contributed by atoms with Gasteiger partial charge in [-0.2, -0.15) is 0 Å². The third-order valence-corrected chi connectivity index (χ3v) is 2.59. The molecule has 2 atom stereocenters. The van der Waals surface area contributed by atoms with E-state index >= 15 is 0 Å². The highest BCUT2D eigenvalue weighted by atomic mass is 16.4. The smallest absolute Gasteiger partial charge is 0.304 e. The topological polar surface area (TPSA) is 37.3 Å². The zero-order chi connectivity index (χ0) is 10.6. The molecule has 1 rings (SSSR count). The van der Waals surface area contributed by atoms with Crippen LogP contribution in [-0.2, 0) is 4.79 Å². The van der Waals surface area contributed by atoms with E-state index in [1.54, 1.807) is 6.08 Å². The van der Waals surface area contributed by atoms with Crippen molar-refractivity contribution in [3.63, 3.8) is 0 Å². The Labute approximate surface area is 84.6 Å². The Morgan fingerprint density at radius 2 is 2.57 bits per heavy atom.